The number of hydrogen-bond acceptors (Lipinski definition) is 5. The lowest BCUT2D eigenvalue weighted by atomic mass is 10.2. The highest BCUT2D eigenvalue weighted by Crippen LogP contribution is 2.30. The zero-order chi connectivity index (χ0) is 18.8. The van der Waals surface area contributed by atoms with E-state index < -0.39 is 0 Å². The lowest BCUT2D eigenvalue weighted by Gasteiger charge is -2.34. The second-order valence-electron chi connectivity index (χ2n) is 6.94. The van der Waals surface area contributed by atoms with E-state index in [1.54, 1.807) is 11.3 Å². The molecule has 2 aromatic carbocycles. The maximum atomic E-state index is 12.4. The zero-order valence-corrected chi connectivity index (χ0v) is 16.5. The Kier molecular flexibility index (Phi) is 4.99. The summed E-state index contributed by atoms with van der Waals surface area (Å²) in [6.07, 6.45) is 0. The minimum atomic E-state index is 0.0380. The number of aromatic nitrogens is 1. The molecule has 0 saturated carbocycles. The minimum absolute atomic E-state index is 0.0380. The minimum Gasteiger partial charge on any atom is -0.484 e. The van der Waals surface area contributed by atoms with Crippen molar-refractivity contribution in [3.8, 4) is 5.75 Å². The first-order valence-electron chi connectivity index (χ1n) is 9.18. The van der Waals surface area contributed by atoms with Gasteiger partial charge in [-0.2, -0.15) is 0 Å². The molecule has 0 atom stereocenters. The Labute approximate surface area is 163 Å². The van der Waals surface area contributed by atoms with E-state index in [0.29, 0.717) is 13.1 Å². The Morgan fingerprint density at radius 2 is 1.85 bits per heavy atom. The van der Waals surface area contributed by atoms with Crippen molar-refractivity contribution in [3.63, 3.8) is 0 Å². The summed E-state index contributed by atoms with van der Waals surface area (Å²) in [5, 5.41) is 1.04. The van der Waals surface area contributed by atoms with Gasteiger partial charge in [-0.1, -0.05) is 29.5 Å². The molecule has 4 rings (SSSR count). The predicted molar refractivity (Wildman–Crippen MR) is 110 cm³/mol. The van der Waals surface area contributed by atoms with Crippen LogP contribution in [0.3, 0.4) is 0 Å². The van der Waals surface area contributed by atoms with Crippen LogP contribution in [0.2, 0.25) is 0 Å². The molecule has 1 fully saturated rings. The zero-order valence-electron chi connectivity index (χ0n) is 15.6. The quantitative estimate of drug-likeness (QED) is 0.692. The third kappa shape index (κ3) is 4.06. The number of piperazine rings is 1. The highest BCUT2D eigenvalue weighted by atomic mass is 32.1. The largest absolute Gasteiger partial charge is 0.484 e. The van der Waals surface area contributed by atoms with Crippen LogP contribution < -0.4 is 9.64 Å². The second kappa shape index (κ2) is 7.56. The number of benzene rings is 2. The van der Waals surface area contributed by atoms with Crippen LogP contribution in [0.5, 0.6) is 5.75 Å². The number of anilines is 1. The molecule has 1 saturated heterocycles. The predicted octanol–water partition coefficient (Wildman–Crippen LogP) is 3.64. The van der Waals surface area contributed by atoms with Crippen molar-refractivity contribution in [2.75, 3.05) is 37.7 Å². The first-order chi connectivity index (χ1) is 13.1. The Balaban J connectivity index is 1.33. The number of hydrogen-bond donors (Lipinski definition) is 0. The Morgan fingerprint density at radius 3 is 2.63 bits per heavy atom. The van der Waals surface area contributed by atoms with E-state index in [1.807, 2.05) is 36.1 Å². The molecule has 0 bridgehead atoms. The van der Waals surface area contributed by atoms with Crippen LogP contribution in [0, 0.1) is 13.8 Å². The third-order valence-electron chi connectivity index (χ3n) is 4.79. The molecule has 0 N–H and O–H groups in total. The van der Waals surface area contributed by atoms with Crippen molar-refractivity contribution < 1.29 is 9.53 Å². The molecule has 6 heteroatoms. The van der Waals surface area contributed by atoms with E-state index in [0.717, 1.165) is 35.1 Å². The number of ether oxygens (including phenoxy) is 1. The van der Waals surface area contributed by atoms with E-state index in [-0.39, 0.29) is 12.5 Å². The van der Waals surface area contributed by atoms with Crippen LogP contribution in [0.1, 0.15) is 11.1 Å². The number of thiazole rings is 1. The summed E-state index contributed by atoms with van der Waals surface area (Å²) >= 11 is 1.72. The fourth-order valence-electron chi connectivity index (χ4n) is 3.24. The Hall–Kier alpha value is -2.60. The summed E-state index contributed by atoms with van der Waals surface area (Å²) in [6, 6.07) is 14.1. The number of fused-ring (bicyclic) bond motifs is 1. The number of rotatable bonds is 4. The molecule has 1 aromatic heterocycles. The summed E-state index contributed by atoms with van der Waals surface area (Å²) in [5.41, 5.74) is 3.42. The van der Waals surface area contributed by atoms with Crippen LogP contribution in [0.4, 0.5) is 5.13 Å². The fourth-order valence-corrected chi connectivity index (χ4v) is 4.36. The van der Waals surface area contributed by atoms with Gasteiger partial charge in [0.25, 0.3) is 5.91 Å². The molecular weight excluding hydrogens is 358 g/mol. The van der Waals surface area contributed by atoms with E-state index in [4.69, 9.17) is 9.72 Å². The van der Waals surface area contributed by atoms with Crippen molar-refractivity contribution in [2.24, 2.45) is 0 Å². The monoisotopic (exact) mass is 381 g/mol. The topological polar surface area (TPSA) is 45.7 Å². The second-order valence-corrected chi connectivity index (χ2v) is 7.95. The van der Waals surface area contributed by atoms with E-state index in [2.05, 4.69) is 30.0 Å². The summed E-state index contributed by atoms with van der Waals surface area (Å²) in [4.78, 5) is 21.3. The average Bonchev–Trinajstić information content (AvgIpc) is 3.09. The maximum absolute atomic E-state index is 12.4. The molecule has 2 heterocycles. The smallest absolute Gasteiger partial charge is 0.260 e. The van der Waals surface area contributed by atoms with Crippen molar-refractivity contribution in [3.05, 3.63) is 53.6 Å². The van der Waals surface area contributed by atoms with Crippen molar-refractivity contribution in [1.82, 2.24) is 9.88 Å². The number of carbonyl (C=O) groups excluding carboxylic acids is 1. The first kappa shape index (κ1) is 17.8. The average molecular weight is 382 g/mol. The van der Waals surface area contributed by atoms with E-state index in [9.17, 15) is 4.79 Å². The molecule has 0 unspecified atom stereocenters. The lowest BCUT2D eigenvalue weighted by Crippen LogP contribution is -2.50. The lowest BCUT2D eigenvalue weighted by molar-refractivity contribution is -0.133. The molecule has 0 radical (unpaired) electrons. The van der Waals surface area contributed by atoms with Gasteiger partial charge in [-0.25, -0.2) is 4.98 Å². The van der Waals surface area contributed by atoms with Crippen LogP contribution in [-0.2, 0) is 4.79 Å². The highest BCUT2D eigenvalue weighted by Gasteiger charge is 2.23. The van der Waals surface area contributed by atoms with Crippen LogP contribution in [-0.4, -0.2) is 48.6 Å². The van der Waals surface area contributed by atoms with Gasteiger partial charge < -0.3 is 14.5 Å². The third-order valence-corrected chi connectivity index (χ3v) is 5.87. The van der Waals surface area contributed by atoms with Crippen LogP contribution in [0.15, 0.2) is 42.5 Å². The van der Waals surface area contributed by atoms with Gasteiger partial charge in [0.2, 0.25) is 0 Å². The van der Waals surface area contributed by atoms with Gasteiger partial charge in [0.1, 0.15) is 5.75 Å². The Bertz CT molecular complexity index is 961. The molecular formula is C21H23N3O2S. The first-order valence-corrected chi connectivity index (χ1v) is 9.99. The van der Waals surface area contributed by atoms with Gasteiger partial charge in [0.15, 0.2) is 11.7 Å². The number of nitrogens with zero attached hydrogens (tertiary/aromatic N) is 3. The standard InChI is InChI=1S/C21H23N3O2S/c1-15-4-3-5-17(12-15)26-14-20(25)23-8-10-24(11-9-23)21-22-18-7-6-16(2)13-19(18)27-21/h3-7,12-13H,8-11,14H2,1-2H3. The number of aryl methyl sites for hydroxylation is 2. The van der Waals surface area contributed by atoms with Crippen molar-refractivity contribution >= 4 is 32.6 Å². The molecule has 1 aliphatic heterocycles. The van der Waals surface area contributed by atoms with E-state index in [1.165, 1.54) is 10.3 Å². The SMILES string of the molecule is Cc1cccc(OCC(=O)N2CCN(c3nc4ccc(C)cc4s3)CC2)c1. The van der Waals surface area contributed by atoms with Crippen LogP contribution in [0.25, 0.3) is 10.2 Å². The molecule has 140 valence electrons. The molecule has 27 heavy (non-hydrogen) atoms. The summed E-state index contributed by atoms with van der Waals surface area (Å²) < 4.78 is 6.87. The number of carbonyl (C=O) groups is 1. The van der Waals surface area contributed by atoms with Crippen molar-refractivity contribution in [1.29, 1.82) is 0 Å². The molecule has 1 amide bonds. The molecule has 0 spiro atoms. The summed E-state index contributed by atoms with van der Waals surface area (Å²) in [5.74, 6) is 0.780. The summed E-state index contributed by atoms with van der Waals surface area (Å²) in [7, 11) is 0. The van der Waals surface area contributed by atoms with Crippen molar-refractivity contribution in [2.45, 2.75) is 13.8 Å². The fraction of sp³-hybridized carbons (Fsp3) is 0.333. The maximum Gasteiger partial charge on any atom is 0.260 e. The van der Waals surface area contributed by atoms with Crippen LogP contribution >= 0.6 is 11.3 Å². The highest BCUT2D eigenvalue weighted by molar-refractivity contribution is 7.22. The van der Waals surface area contributed by atoms with Gasteiger partial charge in [-0.15, -0.1) is 0 Å². The van der Waals surface area contributed by atoms with Gasteiger partial charge >= 0.3 is 0 Å². The normalized spacial score (nSPS) is 14.6. The van der Waals surface area contributed by atoms with E-state index >= 15 is 0 Å². The summed E-state index contributed by atoms with van der Waals surface area (Å²) in [6.45, 7) is 7.20. The van der Waals surface area contributed by atoms with Gasteiger partial charge in [0.05, 0.1) is 10.2 Å². The molecule has 3 aromatic rings. The van der Waals surface area contributed by atoms with Gasteiger partial charge in [-0.3, -0.25) is 4.79 Å². The molecule has 1 aliphatic rings. The van der Waals surface area contributed by atoms with Gasteiger partial charge in [0, 0.05) is 26.2 Å². The Morgan fingerprint density at radius 1 is 1.07 bits per heavy atom. The van der Waals surface area contributed by atoms with Gasteiger partial charge in [-0.05, 0) is 49.2 Å². The molecule has 0 aliphatic carbocycles. The number of amides is 1. The molecule has 5 nitrogen and oxygen atoms in total.